The van der Waals surface area contributed by atoms with Crippen LogP contribution >= 0.6 is 11.6 Å². The van der Waals surface area contributed by atoms with Gasteiger partial charge < -0.3 is 9.30 Å². The first kappa shape index (κ1) is 12.6. The Labute approximate surface area is 109 Å². The van der Waals surface area contributed by atoms with Gasteiger partial charge in [-0.1, -0.05) is 12.2 Å². The van der Waals surface area contributed by atoms with Crippen molar-refractivity contribution >= 4 is 28.7 Å². The lowest BCUT2D eigenvalue weighted by molar-refractivity contribution is 0.405. The summed E-state index contributed by atoms with van der Waals surface area (Å²) < 4.78 is 6.61. The molecule has 0 bridgehead atoms. The molecule has 0 aliphatic heterocycles. The van der Waals surface area contributed by atoms with Gasteiger partial charge in [-0.25, -0.2) is 9.97 Å². The zero-order valence-corrected chi connectivity index (χ0v) is 11.0. The average Bonchev–Trinajstić information content (AvgIpc) is 2.36. The Morgan fingerprint density at radius 3 is 2.83 bits per heavy atom. The third-order valence-corrected chi connectivity index (χ3v) is 2.82. The summed E-state index contributed by atoms with van der Waals surface area (Å²) in [6, 6.07) is 0. The van der Waals surface area contributed by atoms with Crippen LogP contribution in [0.4, 0.5) is 0 Å². The summed E-state index contributed by atoms with van der Waals surface area (Å²) in [7, 11) is 3.10. The minimum absolute atomic E-state index is 0.133. The molecular formula is C12H12ClN3O2. The fourth-order valence-corrected chi connectivity index (χ4v) is 1.93. The van der Waals surface area contributed by atoms with E-state index in [1.54, 1.807) is 13.1 Å². The fraction of sp³-hybridized carbons (Fsp3) is 0.250. The first-order valence-corrected chi connectivity index (χ1v) is 5.69. The highest BCUT2D eigenvalue weighted by molar-refractivity contribution is 6.28. The van der Waals surface area contributed by atoms with E-state index in [9.17, 15) is 4.79 Å². The van der Waals surface area contributed by atoms with Gasteiger partial charge in [-0.15, -0.1) is 0 Å². The Morgan fingerprint density at radius 2 is 2.22 bits per heavy atom. The van der Waals surface area contributed by atoms with Crippen molar-refractivity contribution in [1.29, 1.82) is 0 Å². The number of rotatable bonds is 2. The standard InChI is InChI=1S/C12H12ClN3O2/c1-4-5-7-9-8(6-14-12(13)15-9)16(2)11(17)10(7)18-3/h4-6H,1-3H3. The molecule has 0 aliphatic carbocycles. The number of pyridine rings is 1. The second-order valence-corrected chi connectivity index (χ2v) is 4.02. The van der Waals surface area contributed by atoms with E-state index in [-0.39, 0.29) is 16.6 Å². The van der Waals surface area contributed by atoms with Crippen molar-refractivity contribution in [2.75, 3.05) is 7.11 Å². The number of fused-ring (bicyclic) bond motifs is 1. The van der Waals surface area contributed by atoms with Crippen LogP contribution in [0.2, 0.25) is 5.28 Å². The predicted molar refractivity (Wildman–Crippen MR) is 71.0 cm³/mol. The fourth-order valence-electron chi connectivity index (χ4n) is 1.80. The van der Waals surface area contributed by atoms with Crippen LogP contribution in [-0.2, 0) is 7.05 Å². The second kappa shape index (κ2) is 4.78. The van der Waals surface area contributed by atoms with E-state index < -0.39 is 0 Å². The van der Waals surface area contributed by atoms with E-state index in [0.29, 0.717) is 16.6 Å². The number of ether oxygens (including phenoxy) is 1. The van der Waals surface area contributed by atoms with Crippen LogP contribution in [0, 0.1) is 0 Å². The zero-order valence-electron chi connectivity index (χ0n) is 10.3. The molecule has 5 nitrogen and oxygen atoms in total. The van der Waals surface area contributed by atoms with Gasteiger partial charge in [0, 0.05) is 12.6 Å². The minimum Gasteiger partial charge on any atom is -0.491 e. The maximum absolute atomic E-state index is 12.1. The van der Waals surface area contributed by atoms with Crippen molar-refractivity contribution in [1.82, 2.24) is 14.5 Å². The van der Waals surface area contributed by atoms with Gasteiger partial charge in [-0.3, -0.25) is 4.79 Å². The highest BCUT2D eigenvalue weighted by atomic mass is 35.5. The lowest BCUT2D eigenvalue weighted by atomic mass is 10.1. The van der Waals surface area contributed by atoms with E-state index in [1.165, 1.54) is 17.9 Å². The molecule has 0 amide bonds. The summed E-state index contributed by atoms with van der Waals surface area (Å²) in [5.41, 5.74) is 1.58. The van der Waals surface area contributed by atoms with Crippen molar-refractivity contribution in [3.05, 3.63) is 33.5 Å². The van der Waals surface area contributed by atoms with Crippen LogP contribution in [0.1, 0.15) is 12.5 Å². The number of halogens is 1. The van der Waals surface area contributed by atoms with Gasteiger partial charge in [0.05, 0.1) is 18.8 Å². The topological polar surface area (TPSA) is 57.0 Å². The highest BCUT2D eigenvalue weighted by Crippen LogP contribution is 2.24. The summed E-state index contributed by atoms with van der Waals surface area (Å²) in [5.74, 6) is 0.248. The summed E-state index contributed by atoms with van der Waals surface area (Å²) in [6.45, 7) is 1.85. The first-order chi connectivity index (χ1) is 8.60. The molecule has 0 radical (unpaired) electrons. The van der Waals surface area contributed by atoms with E-state index >= 15 is 0 Å². The molecule has 2 aromatic heterocycles. The lowest BCUT2D eigenvalue weighted by Gasteiger charge is -2.11. The Balaban J connectivity index is 3.03. The van der Waals surface area contributed by atoms with Gasteiger partial charge >= 0.3 is 0 Å². The molecule has 0 fully saturated rings. The largest absolute Gasteiger partial charge is 0.491 e. The van der Waals surface area contributed by atoms with E-state index in [2.05, 4.69) is 9.97 Å². The molecule has 6 heteroatoms. The molecule has 18 heavy (non-hydrogen) atoms. The van der Waals surface area contributed by atoms with Crippen molar-refractivity contribution in [2.24, 2.45) is 7.05 Å². The van der Waals surface area contributed by atoms with Crippen LogP contribution in [0.5, 0.6) is 5.75 Å². The highest BCUT2D eigenvalue weighted by Gasteiger charge is 2.15. The van der Waals surface area contributed by atoms with Crippen molar-refractivity contribution < 1.29 is 4.74 Å². The first-order valence-electron chi connectivity index (χ1n) is 5.32. The maximum Gasteiger partial charge on any atom is 0.293 e. The molecule has 2 rings (SSSR count). The zero-order chi connectivity index (χ0) is 13.3. The number of nitrogens with zero attached hydrogens (tertiary/aromatic N) is 3. The van der Waals surface area contributed by atoms with Gasteiger partial charge in [-0.05, 0) is 18.5 Å². The summed E-state index contributed by atoms with van der Waals surface area (Å²) in [5, 5.41) is 0.133. The van der Waals surface area contributed by atoms with Crippen LogP contribution in [-0.4, -0.2) is 21.6 Å². The Morgan fingerprint density at radius 1 is 1.50 bits per heavy atom. The number of hydrogen-bond acceptors (Lipinski definition) is 4. The molecule has 94 valence electrons. The number of aromatic nitrogens is 3. The quantitative estimate of drug-likeness (QED) is 0.780. The van der Waals surface area contributed by atoms with Crippen molar-refractivity contribution in [3.63, 3.8) is 0 Å². The molecule has 0 atom stereocenters. The normalized spacial score (nSPS) is 11.3. The second-order valence-electron chi connectivity index (χ2n) is 3.68. The Bertz CT molecular complexity index is 692. The van der Waals surface area contributed by atoms with Crippen molar-refractivity contribution in [3.8, 4) is 5.75 Å². The van der Waals surface area contributed by atoms with E-state index in [0.717, 1.165) is 0 Å². The van der Waals surface area contributed by atoms with Gasteiger partial charge in [0.1, 0.15) is 5.52 Å². The van der Waals surface area contributed by atoms with Crippen LogP contribution < -0.4 is 10.3 Å². The third-order valence-electron chi connectivity index (χ3n) is 2.64. The molecule has 0 spiro atoms. The smallest absolute Gasteiger partial charge is 0.293 e. The SMILES string of the molecule is CC=Cc1c(OC)c(=O)n(C)c2cnc(Cl)nc12. The van der Waals surface area contributed by atoms with Gasteiger partial charge in [-0.2, -0.15) is 0 Å². The Hall–Kier alpha value is -1.88. The van der Waals surface area contributed by atoms with Crippen LogP contribution in [0.15, 0.2) is 17.1 Å². The van der Waals surface area contributed by atoms with Gasteiger partial charge in [0.15, 0.2) is 5.75 Å². The molecule has 2 heterocycles. The van der Waals surface area contributed by atoms with Crippen molar-refractivity contribution in [2.45, 2.75) is 6.92 Å². The summed E-state index contributed by atoms with van der Waals surface area (Å²) in [4.78, 5) is 20.2. The lowest BCUT2D eigenvalue weighted by Crippen LogP contribution is -2.20. The summed E-state index contributed by atoms with van der Waals surface area (Å²) in [6.07, 6.45) is 5.11. The average molecular weight is 266 g/mol. The summed E-state index contributed by atoms with van der Waals surface area (Å²) >= 11 is 5.80. The molecule has 0 unspecified atom stereocenters. The molecular weight excluding hydrogens is 254 g/mol. The van der Waals surface area contributed by atoms with E-state index in [1.807, 2.05) is 13.0 Å². The third kappa shape index (κ3) is 1.86. The molecule has 0 saturated heterocycles. The van der Waals surface area contributed by atoms with Gasteiger partial charge in [0.25, 0.3) is 5.56 Å². The molecule has 0 saturated carbocycles. The molecule has 2 aromatic rings. The molecule has 0 aliphatic rings. The monoisotopic (exact) mass is 265 g/mol. The predicted octanol–water partition coefficient (Wildman–Crippen LogP) is 2.02. The number of methoxy groups -OCH3 is 1. The maximum atomic E-state index is 12.1. The molecule has 0 N–H and O–H groups in total. The van der Waals surface area contributed by atoms with Crippen LogP contribution in [0.3, 0.4) is 0 Å². The molecule has 0 aromatic carbocycles. The van der Waals surface area contributed by atoms with Gasteiger partial charge in [0.2, 0.25) is 5.28 Å². The number of hydrogen-bond donors (Lipinski definition) is 0. The van der Waals surface area contributed by atoms with Crippen LogP contribution in [0.25, 0.3) is 17.1 Å². The Kier molecular flexibility index (Phi) is 3.34. The van der Waals surface area contributed by atoms with E-state index in [4.69, 9.17) is 16.3 Å². The minimum atomic E-state index is -0.232. The number of aryl methyl sites for hydroxylation is 1. The number of allylic oxidation sites excluding steroid dienone is 1.